The predicted octanol–water partition coefficient (Wildman–Crippen LogP) is 2.12. The van der Waals surface area contributed by atoms with E-state index in [1.165, 1.54) is 10.4 Å². The molecule has 94 valence electrons. The molecule has 1 atom stereocenters. The molecule has 0 saturated heterocycles. The van der Waals surface area contributed by atoms with Crippen molar-refractivity contribution >= 4 is 17.2 Å². The fraction of sp³-hybridized carbons (Fsp3) is 0.385. The molecular weight excluding hydrogens is 244 g/mol. The number of aromatic nitrogens is 2. The summed E-state index contributed by atoms with van der Waals surface area (Å²) in [6, 6.07) is 2.57. The summed E-state index contributed by atoms with van der Waals surface area (Å²) < 4.78 is 0. The number of nitrogens with two attached hydrogens (primary N) is 1. The zero-order valence-corrected chi connectivity index (χ0v) is 11.2. The lowest BCUT2D eigenvalue weighted by Gasteiger charge is -2.35. The third kappa shape index (κ3) is 1.79. The van der Waals surface area contributed by atoms with Crippen LogP contribution in [0.15, 0.2) is 23.8 Å². The first-order chi connectivity index (χ1) is 8.81. The third-order valence-corrected chi connectivity index (χ3v) is 4.49. The smallest absolute Gasteiger partial charge is 0.152 e. The number of nitrogens with zero attached hydrogens (tertiary/aromatic N) is 3. The molecule has 1 aliphatic rings. The van der Waals surface area contributed by atoms with Crippen LogP contribution in [-0.4, -0.2) is 16.5 Å². The summed E-state index contributed by atoms with van der Waals surface area (Å²) in [5, 5.41) is 2.17. The summed E-state index contributed by atoms with van der Waals surface area (Å²) in [6.45, 7) is 3.64. The van der Waals surface area contributed by atoms with Crippen LogP contribution in [0.2, 0.25) is 0 Å². The molecule has 0 aliphatic carbocycles. The van der Waals surface area contributed by atoms with Crippen LogP contribution in [0.4, 0.5) is 5.82 Å². The Balaban J connectivity index is 1.99. The van der Waals surface area contributed by atoms with Gasteiger partial charge in [0.1, 0.15) is 0 Å². The van der Waals surface area contributed by atoms with Gasteiger partial charge in [-0.05, 0) is 30.4 Å². The average molecular weight is 260 g/mol. The van der Waals surface area contributed by atoms with Crippen molar-refractivity contribution in [2.24, 2.45) is 5.73 Å². The first kappa shape index (κ1) is 11.6. The van der Waals surface area contributed by atoms with Crippen LogP contribution in [0.25, 0.3) is 0 Å². The summed E-state index contributed by atoms with van der Waals surface area (Å²) in [5.74, 6) is 0.935. The van der Waals surface area contributed by atoms with Crippen LogP contribution in [0.5, 0.6) is 0 Å². The molecule has 0 spiro atoms. The highest BCUT2D eigenvalue weighted by Gasteiger charge is 2.27. The van der Waals surface area contributed by atoms with E-state index in [1.807, 2.05) is 11.3 Å². The largest absolute Gasteiger partial charge is 0.348 e. The third-order valence-electron chi connectivity index (χ3n) is 3.49. The molecule has 1 unspecified atom stereocenters. The summed E-state index contributed by atoms with van der Waals surface area (Å²) >= 11 is 1.85. The molecule has 0 bridgehead atoms. The van der Waals surface area contributed by atoms with Crippen molar-refractivity contribution in [1.82, 2.24) is 9.97 Å². The number of hydrogen-bond acceptors (Lipinski definition) is 5. The number of thiophene rings is 1. The molecule has 3 rings (SSSR count). The Labute approximate surface area is 110 Å². The molecule has 3 heterocycles. The zero-order valence-electron chi connectivity index (χ0n) is 10.3. The van der Waals surface area contributed by atoms with Gasteiger partial charge in [-0.25, -0.2) is 4.98 Å². The molecule has 4 nitrogen and oxygen atoms in total. The minimum Gasteiger partial charge on any atom is -0.348 e. The highest BCUT2D eigenvalue weighted by molar-refractivity contribution is 7.10. The Hall–Kier alpha value is -1.46. The van der Waals surface area contributed by atoms with Crippen molar-refractivity contribution < 1.29 is 0 Å². The van der Waals surface area contributed by atoms with E-state index in [-0.39, 0.29) is 0 Å². The number of anilines is 1. The number of rotatable bonds is 2. The SMILES string of the molecule is CC1c2ccsc2CCN1c1nccnc1CN. The molecule has 1 aliphatic heterocycles. The van der Waals surface area contributed by atoms with Gasteiger partial charge in [-0.1, -0.05) is 0 Å². The minimum absolute atomic E-state index is 0.349. The second kappa shape index (κ2) is 4.66. The maximum atomic E-state index is 5.75. The maximum absolute atomic E-state index is 5.75. The Kier molecular flexibility index (Phi) is 3.01. The quantitative estimate of drug-likeness (QED) is 0.898. The summed E-state index contributed by atoms with van der Waals surface area (Å²) in [6.07, 6.45) is 4.53. The van der Waals surface area contributed by atoms with Gasteiger partial charge < -0.3 is 10.6 Å². The number of hydrogen-bond donors (Lipinski definition) is 1. The van der Waals surface area contributed by atoms with Gasteiger partial charge in [-0.2, -0.15) is 0 Å². The van der Waals surface area contributed by atoms with Gasteiger partial charge in [0, 0.05) is 30.4 Å². The van der Waals surface area contributed by atoms with Gasteiger partial charge in [0.05, 0.1) is 11.7 Å². The molecular formula is C13H16N4S. The van der Waals surface area contributed by atoms with E-state index in [0.29, 0.717) is 12.6 Å². The molecule has 0 radical (unpaired) electrons. The van der Waals surface area contributed by atoms with E-state index in [1.54, 1.807) is 12.4 Å². The molecule has 5 heteroatoms. The van der Waals surface area contributed by atoms with Gasteiger partial charge in [0.25, 0.3) is 0 Å². The zero-order chi connectivity index (χ0) is 12.5. The van der Waals surface area contributed by atoms with Crippen LogP contribution < -0.4 is 10.6 Å². The van der Waals surface area contributed by atoms with Crippen LogP contribution in [0, 0.1) is 0 Å². The second-order valence-electron chi connectivity index (χ2n) is 4.45. The van der Waals surface area contributed by atoms with E-state index in [0.717, 1.165) is 24.5 Å². The van der Waals surface area contributed by atoms with Crippen LogP contribution >= 0.6 is 11.3 Å². The van der Waals surface area contributed by atoms with Gasteiger partial charge >= 0.3 is 0 Å². The standard InChI is InChI=1S/C13H16N4S/c1-9-10-3-7-18-12(10)2-6-17(9)13-11(8-14)15-4-5-16-13/h3-5,7,9H,2,6,8,14H2,1H3. The lowest BCUT2D eigenvalue weighted by molar-refractivity contribution is 0.618. The highest BCUT2D eigenvalue weighted by atomic mass is 32.1. The first-order valence-corrected chi connectivity index (χ1v) is 7.02. The highest BCUT2D eigenvalue weighted by Crippen LogP contribution is 2.35. The molecule has 2 aromatic heterocycles. The first-order valence-electron chi connectivity index (χ1n) is 6.14. The monoisotopic (exact) mass is 260 g/mol. The molecule has 2 N–H and O–H groups in total. The van der Waals surface area contributed by atoms with E-state index in [2.05, 4.69) is 33.2 Å². The Bertz CT molecular complexity index is 551. The topological polar surface area (TPSA) is 55.0 Å². The number of fused-ring (bicyclic) bond motifs is 1. The van der Waals surface area contributed by atoms with Crippen molar-refractivity contribution in [2.75, 3.05) is 11.4 Å². The van der Waals surface area contributed by atoms with Crippen molar-refractivity contribution in [1.29, 1.82) is 0 Å². The van der Waals surface area contributed by atoms with Crippen molar-refractivity contribution in [3.63, 3.8) is 0 Å². The van der Waals surface area contributed by atoms with E-state index in [4.69, 9.17) is 5.73 Å². The van der Waals surface area contributed by atoms with Gasteiger partial charge in [0.15, 0.2) is 5.82 Å². The van der Waals surface area contributed by atoms with Gasteiger partial charge in [-0.15, -0.1) is 11.3 Å². The van der Waals surface area contributed by atoms with Gasteiger partial charge in [-0.3, -0.25) is 4.98 Å². The molecule has 0 aromatic carbocycles. The summed E-state index contributed by atoms with van der Waals surface area (Å²) in [7, 11) is 0. The average Bonchev–Trinajstić information content (AvgIpc) is 2.88. The molecule has 2 aromatic rings. The molecule has 0 saturated carbocycles. The molecule has 0 amide bonds. The van der Waals surface area contributed by atoms with Crippen molar-refractivity contribution in [3.05, 3.63) is 40.0 Å². The van der Waals surface area contributed by atoms with Gasteiger partial charge in [0.2, 0.25) is 0 Å². The minimum atomic E-state index is 0.349. The Morgan fingerprint density at radius 3 is 3.11 bits per heavy atom. The lowest BCUT2D eigenvalue weighted by Crippen LogP contribution is -2.34. The second-order valence-corrected chi connectivity index (χ2v) is 5.45. The van der Waals surface area contributed by atoms with Crippen molar-refractivity contribution in [3.8, 4) is 0 Å². The van der Waals surface area contributed by atoms with Crippen LogP contribution in [-0.2, 0) is 13.0 Å². The van der Waals surface area contributed by atoms with Crippen molar-refractivity contribution in [2.45, 2.75) is 25.9 Å². The van der Waals surface area contributed by atoms with Crippen LogP contribution in [0.1, 0.15) is 29.1 Å². The summed E-state index contributed by atoms with van der Waals surface area (Å²) in [4.78, 5) is 12.6. The normalized spacial score (nSPS) is 18.8. The molecule has 0 fully saturated rings. The van der Waals surface area contributed by atoms with E-state index in [9.17, 15) is 0 Å². The predicted molar refractivity (Wildman–Crippen MR) is 73.7 cm³/mol. The molecule has 18 heavy (non-hydrogen) atoms. The maximum Gasteiger partial charge on any atom is 0.152 e. The summed E-state index contributed by atoms with van der Waals surface area (Å²) in [5.41, 5.74) is 8.04. The Morgan fingerprint density at radius 2 is 2.28 bits per heavy atom. The van der Waals surface area contributed by atoms with Crippen LogP contribution in [0.3, 0.4) is 0 Å². The van der Waals surface area contributed by atoms with E-state index >= 15 is 0 Å². The fourth-order valence-corrected chi connectivity index (χ4v) is 3.50. The lowest BCUT2D eigenvalue weighted by atomic mass is 10.0. The van der Waals surface area contributed by atoms with E-state index < -0.39 is 0 Å². The fourth-order valence-electron chi connectivity index (χ4n) is 2.54. The Morgan fingerprint density at radius 1 is 1.44 bits per heavy atom.